The monoisotopic (exact) mass is 444 g/mol. The third kappa shape index (κ3) is 6.35. The molecular formula is C21H29ClN8O. The van der Waals surface area contributed by atoms with Gasteiger partial charge in [0.25, 0.3) is 0 Å². The normalized spacial score (nSPS) is 14.1. The molecule has 1 aromatic carbocycles. The number of carbonyl (C=O) groups is 1. The van der Waals surface area contributed by atoms with E-state index in [0.717, 1.165) is 23.6 Å². The number of nitrogens with zero attached hydrogens (tertiary/aromatic N) is 6. The van der Waals surface area contributed by atoms with Gasteiger partial charge in [0.15, 0.2) is 5.82 Å². The van der Waals surface area contributed by atoms with Gasteiger partial charge in [0, 0.05) is 26.4 Å². The third-order valence-electron chi connectivity index (χ3n) is 5.31. The minimum Gasteiger partial charge on any atom is -0.354 e. The minimum absolute atomic E-state index is 0. The molecule has 10 heteroatoms. The quantitative estimate of drug-likeness (QED) is 0.488. The Kier molecular flexibility index (Phi) is 7.75. The Balaban J connectivity index is 0.00000272. The second kappa shape index (κ2) is 10.5. The highest BCUT2D eigenvalue weighted by molar-refractivity contribution is 5.85. The maximum atomic E-state index is 12.5. The molecule has 1 amide bonds. The summed E-state index contributed by atoms with van der Waals surface area (Å²) in [5.41, 5.74) is 7.61. The van der Waals surface area contributed by atoms with Gasteiger partial charge in [-0.05, 0) is 30.7 Å². The zero-order chi connectivity index (χ0) is 20.9. The molecule has 1 aliphatic rings. The second-order valence-corrected chi connectivity index (χ2v) is 7.89. The molecule has 0 saturated heterocycles. The van der Waals surface area contributed by atoms with Crippen molar-refractivity contribution in [2.75, 3.05) is 6.54 Å². The molecular weight excluding hydrogens is 416 g/mol. The first-order valence-electron chi connectivity index (χ1n) is 10.4. The Bertz CT molecular complexity index is 982. The lowest BCUT2D eigenvalue weighted by molar-refractivity contribution is -0.121. The fourth-order valence-electron chi connectivity index (χ4n) is 3.47. The SMILES string of the molecule is Cl.Cn1ncnc1CCNC(=O)Cn1nc(CC2CC2)nc1[C@H](N)Cc1ccccc1. The van der Waals surface area contributed by atoms with Crippen molar-refractivity contribution < 1.29 is 4.79 Å². The van der Waals surface area contributed by atoms with Crippen LogP contribution in [0.1, 0.15) is 41.9 Å². The molecule has 1 atom stereocenters. The van der Waals surface area contributed by atoms with Crippen LogP contribution in [0.15, 0.2) is 36.7 Å². The van der Waals surface area contributed by atoms with Crippen LogP contribution < -0.4 is 11.1 Å². The van der Waals surface area contributed by atoms with Crippen LogP contribution in [0.25, 0.3) is 0 Å². The Morgan fingerprint density at radius 3 is 2.74 bits per heavy atom. The number of halogens is 1. The smallest absolute Gasteiger partial charge is 0.241 e. The summed E-state index contributed by atoms with van der Waals surface area (Å²) < 4.78 is 3.37. The van der Waals surface area contributed by atoms with E-state index in [4.69, 9.17) is 10.7 Å². The van der Waals surface area contributed by atoms with Gasteiger partial charge in [0.05, 0.1) is 6.04 Å². The van der Waals surface area contributed by atoms with Crippen LogP contribution in [0.2, 0.25) is 0 Å². The number of benzene rings is 1. The zero-order valence-electron chi connectivity index (χ0n) is 17.6. The molecule has 166 valence electrons. The number of aryl methyl sites for hydroxylation is 1. The van der Waals surface area contributed by atoms with E-state index in [1.807, 2.05) is 37.4 Å². The van der Waals surface area contributed by atoms with E-state index in [9.17, 15) is 4.79 Å². The summed E-state index contributed by atoms with van der Waals surface area (Å²) >= 11 is 0. The minimum atomic E-state index is -0.320. The predicted molar refractivity (Wildman–Crippen MR) is 118 cm³/mol. The van der Waals surface area contributed by atoms with Crippen LogP contribution in [0.5, 0.6) is 0 Å². The summed E-state index contributed by atoms with van der Waals surface area (Å²) in [6.45, 7) is 0.592. The summed E-state index contributed by atoms with van der Waals surface area (Å²) in [7, 11) is 1.83. The number of rotatable bonds is 10. The Labute approximate surface area is 187 Å². The van der Waals surface area contributed by atoms with Gasteiger partial charge in [-0.25, -0.2) is 14.6 Å². The van der Waals surface area contributed by atoms with E-state index in [-0.39, 0.29) is 30.9 Å². The van der Waals surface area contributed by atoms with Crippen LogP contribution in [0.3, 0.4) is 0 Å². The molecule has 3 aromatic rings. The summed E-state index contributed by atoms with van der Waals surface area (Å²) in [6.07, 6.45) is 6.08. The highest BCUT2D eigenvalue weighted by Gasteiger charge is 2.26. The van der Waals surface area contributed by atoms with E-state index >= 15 is 0 Å². The van der Waals surface area contributed by atoms with Crippen LogP contribution >= 0.6 is 12.4 Å². The van der Waals surface area contributed by atoms with Gasteiger partial charge in [-0.15, -0.1) is 12.4 Å². The van der Waals surface area contributed by atoms with Crippen LogP contribution in [0, 0.1) is 5.92 Å². The highest BCUT2D eigenvalue weighted by atomic mass is 35.5. The van der Waals surface area contributed by atoms with E-state index in [0.29, 0.717) is 31.1 Å². The lowest BCUT2D eigenvalue weighted by Crippen LogP contribution is -2.32. The Hall–Kier alpha value is -2.78. The standard InChI is InChI=1S/C21H28N8O.ClH/c1-28-19(24-14-25-28)9-10-23-20(30)13-29-21(26-18(27-29)12-16-7-8-16)17(22)11-15-5-3-2-4-6-15;/h2-6,14,16-17H,7-13,22H2,1H3,(H,23,30);1H/t17-;/m1./s1. The van der Waals surface area contributed by atoms with Crippen molar-refractivity contribution in [3.8, 4) is 0 Å². The van der Waals surface area contributed by atoms with E-state index < -0.39 is 0 Å². The molecule has 0 bridgehead atoms. The Morgan fingerprint density at radius 1 is 1.29 bits per heavy atom. The molecule has 0 radical (unpaired) electrons. The first kappa shape index (κ1) is 22.9. The van der Waals surface area contributed by atoms with Gasteiger partial charge in [-0.2, -0.15) is 10.2 Å². The second-order valence-electron chi connectivity index (χ2n) is 7.89. The molecule has 3 N–H and O–H groups in total. The van der Waals surface area contributed by atoms with Crippen LogP contribution in [-0.2, 0) is 37.6 Å². The van der Waals surface area contributed by atoms with Gasteiger partial charge in [0.1, 0.15) is 24.5 Å². The maximum absolute atomic E-state index is 12.5. The van der Waals surface area contributed by atoms with Crippen molar-refractivity contribution in [1.82, 2.24) is 34.8 Å². The number of hydrogen-bond donors (Lipinski definition) is 2. The van der Waals surface area contributed by atoms with Crippen molar-refractivity contribution in [3.05, 3.63) is 59.7 Å². The average molecular weight is 445 g/mol. The Morgan fingerprint density at radius 2 is 2.06 bits per heavy atom. The molecule has 1 saturated carbocycles. The lowest BCUT2D eigenvalue weighted by atomic mass is 10.1. The van der Waals surface area contributed by atoms with Crippen molar-refractivity contribution in [2.45, 2.75) is 44.7 Å². The number of hydrogen-bond acceptors (Lipinski definition) is 6. The fourth-order valence-corrected chi connectivity index (χ4v) is 3.47. The number of carbonyl (C=O) groups excluding carboxylic acids is 1. The molecule has 0 aliphatic heterocycles. The predicted octanol–water partition coefficient (Wildman–Crippen LogP) is 1.38. The summed E-state index contributed by atoms with van der Waals surface area (Å²) in [5, 5.41) is 11.6. The number of nitrogens with one attached hydrogen (secondary N) is 1. The number of nitrogens with two attached hydrogens (primary N) is 1. The van der Waals surface area contributed by atoms with Gasteiger partial charge in [0.2, 0.25) is 5.91 Å². The molecule has 1 fully saturated rings. The third-order valence-corrected chi connectivity index (χ3v) is 5.31. The summed E-state index contributed by atoms with van der Waals surface area (Å²) in [5.74, 6) is 2.82. The van der Waals surface area contributed by atoms with Gasteiger partial charge < -0.3 is 11.1 Å². The first-order valence-corrected chi connectivity index (χ1v) is 10.4. The molecule has 0 unspecified atom stereocenters. The van der Waals surface area contributed by atoms with Crippen LogP contribution in [-0.4, -0.2) is 42.0 Å². The average Bonchev–Trinajstić information content (AvgIpc) is 3.31. The molecule has 2 aromatic heterocycles. The lowest BCUT2D eigenvalue weighted by Gasteiger charge is -2.13. The molecule has 4 rings (SSSR count). The maximum Gasteiger partial charge on any atom is 0.241 e. The zero-order valence-corrected chi connectivity index (χ0v) is 18.5. The summed E-state index contributed by atoms with van der Waals surface area (Å²) in [4.78, 5) is 21.4. The van der Waals surface area contributed by atoms with E-state index in [1.54, 1.807) is 9.36 Å². The topological polar surface area (TPSA) is 117 Å². The molecule has 1 aliphatic carbocycles. The van der Waals surface area contributed by atoms with Crippen molar-refractivity contribution in [2.24, 2.45) is 18.7 Å². The van der Waals surface area contributed by atoms with Crippen molar-refractivity contribution in [3.63, 3.8) is 0 Å². The number of amides is 1. The van der Waals surface area contributed by atoms with Gasteiger partial charge >= 0.3 is 0 Å². The largest absolute Gasteiger partial charge is 0.354 e. The number of aromatic nitrogens is 6. The van der Waals surface area contributed by atoms with Gasteiger partial charge in [-0.1, -0.05) is 30.3 Å². The molecule has 9 nitrogen and oxygen atoms in total. The first-order chi connectivity index (χ1) is 14.6. The molecule has 0 spiro atoms. The molecule has 2 heterocycles. The van der Waals surface area contributed by atoms with Crippen LogP contribution in [0.4, 0.5) is 0 Å². The van der Waals surface area contributed by atoms with Crippen molar-refractivity contribution >= 4 is 18.3 Å². The molecule has 31 heavy (non-hydrogen) atoms. The van der Waals surface area contributed by atoms with Crippen molar-refractivity contribution in [1.29, 1.82) is 0 Å². The van der Waals surface area contributed by atoms with Gasteiger partial charge in [-0.3, -0.25) is 9.48 Å². The summed E-state index contributed by atoms with van der Waals surface area (Å²) in [6, 6.07) is 9.75. The van der Waals surface area contributed by atoms with E-state index in [2.05, 4.69) is 20.5 Å². The fraction of sp³-hybridized carbons (Fsp3) is 0.476. The van der Waals surface area contributed by atoms with E-state index in [1.165, 1.54) is 19.2 Å². The highest BCUT2D eigenvalue weighted by Crippen LogP contribution is 2.32.